The molecule has 0 aromatic heterocycles. The Balaban J connectivity index is 1.97. The van der Waals surface area contributed by atoms with Crippen LogP contribution in [0, 0.1) is 0 Å². The molecule has 14 heavy (non-hydrogen) atoms. The molecule has 1 unspecified atom stereocenters. The lowest BCUT2D eigenvalue weighted by Gasteiger charge is -2.45. The van der Waals surface area contributed by atoms with Gasteiger partial charge in [0.25, 0.3) is 0 Å². The Hall–Kier alpha value is 0.270. The highest BCUT2D eigenvalue weighted by molar-refractivity contribution is 7.99. The van der Waals surface area contributed by atoms with Gasteiger partial charge in [-0.05, 0) is 51.3 Å². The van der Waals surface area contributed by atoms with Crippen LogP contribution >= 0.6 is 11.8 Å². The monoisotopic (exact) mass is 215 g/mol. The van der Waals surface area contributed by atoms with Crippen molar-refractivity contribution in [2.24, 2.45) is 0 Å². The standard InChI is InChI=1S/C11H21NOS/c1-12(2)10-3-6-13-11(9-10)4-7-14-8-5-11/h10H,3-9H2,1-2H3. The zero-order valence-corrected chi connectivity index (χ0v) is 10.1. The molecule has 2 rings (SSSR count). The Morgan fingerprint density at radius 3 is 2.64 bits per heavy atom. The first-order valence-electron chi connectivity index (χ1n) is 5.60. The zero-order chi connectivity index (χ0) is 10.0. The minimum atomic E-state index is 0.248. The molecule has 0 aromatic rings. The van der Waals surface area contributed by atoms with Crippen LogP contribution < -0.4 is 0 Å². The molecule has 2 heterocycles. The van der Waals surface area contributed by atoms with E-state index in [1.54, 1.807) is 0 Å². The molecule has 1 atom stereocenters. The maximum absolute atomic E-state index is 6.05. The molecule has 0 radical (unpaired) electrons. The highest BCUT2D eigenvalue weighted by atomic mass is 32.2. The number of nitrogens with zero attached hydrogens (tertiary/aromatic N) is 1. The number of thioether (sulfide) groups is 1. The minimum absolute atomic E-state index is 0.248. The van der Waals surface area contributed by atoms with Crippen molar-refractivity contribution in [1.29, 1.82) is 0 Å². The quantitative estimate of drug-likeness (QED) is 0.664. The molecular formula is C11H21NOS. The molecule has 2 saturated heterocycles. The third-order valence-corrected chi connectivity index (χ3v) is 4.59. The largest absolute Gasteiger partial charge is 0.375 e. The van der Waals surface area contributed by atoms with E-state index in [0.29, 0.717) is 0 Å². The Bertz CT molecular complexity index is 184. The Morgan fingerprint density at radius 1 is 1.29 bits per heavy atom. The lowest BCUT2D eigenvalue weighted by atomic mass is 9.85. The van der Waals surface area contributed by atoms with Crippen LogP contribution in [0.15, 0.2) is 0 Å². The van der Waals surface area contributed by atoms with E-state index in [9.17, 15) is 0 Å². The van der Waals surface area contributed by atoms with Gasteiger partial charge < -0.3 is 9.64 Å². The molecule has 0 N–H and O–H groups in total. The fourth-order valence-corrected chi connectivity index (χ4v) is 3.77. The highest BCUT2D eigenvalue weighted by Gasteiger charge is 2.39. The third kappa shape index (κ3) is 2.26. The summed E-state index contributed by atoms with van der Waals surface area (Å²) in [4.78, 5) is 2.37. The van der Waals surface area contributed by atoms with Gasteiger partial charge in [-0.25, -0.2) is 0 Å². The molecule has 3 heteroatoms. The van der Waals surface area contributed by atoms with Gasteiger partial charge in [0.05, 0.1) is 5.60 Å². The van der Waals surface area contributed by atoms with Gasteiger partial charge in [-0.2, -0.15) is 11.8 Å². The predicted octanol–water partition coefficient (Wildman–Crippen LogP) is 1.99. The van der Waals surface area contributed by atoms with Crippen LogP contribution in [-0.4, -0.2) is 48.8 Å². The maximum Gasteiger partial charge on any atom is 0.0713 e. The van der Waals surface area contributed by atoms with Crippen molar-refractivity contribution in [2.45, 2.75) is 37.3 Å². The second-order valence-electron chi connectivity index (χ2n) is 4.75. The van der Waals surface area contributed by atoms with Gasteiger partial charge in [0.2, 0.25) is 0 Å². The Labute approximate surface area is 91.4 Å². The molecule has 2 fully saturated rings. The molecule has 0 amide bonds. The van der Waals surface area contributed by atoms with Gasteiger partial charge >= 0.3 is 0 Å². The average molecular weight is 215 g/mol. The molecular weight excluding hydrogens is 194 g/mol. The van der Waals surface area contributed by atoms with Crippen molar-refractivity contribution in [3.8, 4) is 0 Å². The van der Waals surface area contributed by atoms with E-state index in [1.165, 1.54) is 37.2 Å². The van der Waals surface area contributed by atoms with Crippen LogP contribution in [0.25, 0.3) is 0 Å². The first-order chi connectivity index (χ1) is 6.72. The van der Waals surface area contributed by atoms with E-state index in [1.807, 2.05) is 0 Å². The average Bonchev–Trinajstić information content (AvgIpc) is 2.19. The number of hydrogen-bond acceptors (Lipinski definition) is 3. The summed E-state index contributed by atoms with van der Waals surface area (Å²) in [6, 6.07) is 0.742. The summed E-state index contributed by atoms with van der Waals surface area (Å²) < 4.78 is 6.05. The van der Waals surface area contributed by atoms with Crippen LogP contribution in [0.3, 0.4) is 0 Å². The zero-order valence-electron chi connectivity index (χ0n) is 9.29. The fraction of sp³-hybridized carbons (Fsp3) is 1.00. The lowest BCUT2D eigenvalue weighted by molar-refractivity contribution is -0.105. The summed E-state index contributed by atoms with van der Waals surface area (Å²) >= 11 is 2.08. The van der Waals surface area contributed by atoms with Crippen LogP contribution in [0.5, 0.6) is 0 Å². The van der Waals surface area contributed by atoms with Crippen molar-refractivity contribution in [2.75, 3.05) is 32.2 Å². The summed E-state index contributed by atoms with van der Waals surface area (Å²) in [6.45, 7) is 0.966. The molecule has 0 aromatic carbocycles. The van der Waals surface area contributed by atoms with Crippen molar-refractivity contribution in [1.82, 2.24) is 4.90 Å². The van der Waals surface area contributed by atoms with E-state index >= 15 is 0 Å². The topological polar surface area (TPSA) is 12.5 Å². The maximum atomic E-state index is 6.05. The summed E-state index contributed by atoms with van der Waals surface area (Å²) in [6.07, 6.45) is 4.99. The van der Waals surface area contributed by atoms with Gasteiger partial charge in [0.15, 0.2) is 0 Å². The highest BCUT2D eigenvalue weighted by Crippen LogP contribution is 2.38. The Kier molecular flexibility index (Phi) is 3.40. The van der Waals surface area contributed by atoms with Crippen molar-refractivity contribution < 1.29 is 4.74 Å². The molecule has 0 saturated carbocycles. The van der Waals surface area contributed by atoms with Gasteiger partial charge in [-0.15, -0.1) is 0 Å². The smallest absolute Gasteiger partial charge is 0.0713 e. The molecule has 0 bridgehead atoms. The molecule has 82 valence electrons. The van der Waals surface area contributed by atoms with E-state index < -0.39 is 0 Å². The van der Waals surface area contributed by atoms with E-state index in [4.69, 9.17) is 4.74 Å². The van der Waals surface area contributed by atoms with Crippen molar-refractivity contribution in [3.63, 3.8) is 0 Å². The van der Waals surface area contributed by atoms with Crippen LogP contribution in [0.1, 0.15) is 25.7 Å². The van der Waals surface area contributed by atoms with E-state index in [2.05, 4.69) is 30.8 Å². The normalized spacial score (nSPS) is 32.4. The minimum Gasteiger partial charge on any atom is -0.375 e. The Morgan fingerprint density at radius 2 is 2.00 bits per heavy atom. The van der Waals surface area contributed by atoms with Crippen molar-refractivity contribution in [3.05, 3.63) is 0 Å². The van der Waals surface area contributed by atoms with Gasteiger partial charge in [-0.3, -0.25) is 0 Å². The fourth-order valence-electron chi connectivity index (χ4n) is 2.53. The van der Waals surface area contributed by atoms with Crippen LogP contribution in [0.2, 0.25) is 0 Å². The molecule has 2 aliphatic rings. The second-order valence-corrected chi connectivity index (χ2v) is 5.98. The van der Waals surface area contributed by atoms with Crippen LogP contribution in [0.4, 0.5) is 0 Å². The summed E-state index contributed by atoms with van der Waals surface area (Å²) in [5, 5.41) is 0. The van der Waals surface area contributed by atoms with Crippen molar-refractivity contribution >= 4 is 11.8 Å². The SMILES string of the molecule is CN(C)C1CCOC2(CCSCC2)C1. The number of rotatable bonds is 1. The lowest BCUT2D eigenvalue weighted by Crippen LogP contribution is -2.48. The number of ether oxygens (including phenoxy) is 1. The first-order valence-corrected chi connectivity index (χ1v) is 6.75. The molecule has 0 aliphatic carbocycles. The van der Waals surface area contributed by atoms with Gasteiger partial charge in [0.1, 0.15) is 0 Å². The van der Waals surface area contributed by atoms with E-state index in [-0.39, 0.29) is 5.60 Å². The van der Waals surface area contributed by atoms with E-state index in [0.717, 1.165) is 12.6 Å². The van der Waals surface area contributed by atoms with Crippen LogP contribution in [-0.2, 0) is 4.74 Å². The summed E-state index contributed by atoms with van der Waals surface area (Å²) in [7, 11) is 4.39. The number of hydrogen-bond donors (Lipinski definition) is 0. The molecule has 2 nitrogen and oxygen atoms in total. The third-order valence-electron chi connectivity index (χ3n) is 3.60. The van der Waals surface area contributed by atoms with Gasteiger partial charge in [0, 0.05) is 12.6 Å². The second kappa shape index (κ2) is 4.42. The van der Waals surface area contributed by atoms with Gasteiger partial charge in [-0.1, -0.05) is 0 Å². The summed E-state index contributed by atoms with van der Waals surface area (Å²) in [5.41, 5.74) is 0.248. The summed E-state index contributed by atoms with van der Waals surface area (Å²) in [5.74, 6) is 2.58. The molecule has 2 aliphatic heterocycles. The first kappa shape index (κ1) is 10.8. The predicted molar refractivity (Wildman–Crippen MR) is 62.0 cm³/mol. The molecule has 1 spiro atoms.